The summed E-state index contributed by atoms with van der Waals surface area (Å²) in [5.41, 5.74) is 6.21. The van der Waals surface area contributed by atoms with Crippen LogP contribution in [0.4, 0.5) is 0 Å². The van der Waals surface area contributed by atoms with Crippen molar-refractivity contribution < 1.29 is 9.47 Å². The number of fused-ring (bicyclic) bond motifs is 1. The third kappa shape index (κ3) is 2.38. The largest absolute Gasteiger partial charge is 0.454 e. The minimum Gasteiger partial charge on any atom is -0.454 e. The number of nitrogens with one attached hydrogen (secondary N) is 1. The molecule has 4 rings (SSSR count). The Bertz CT molecular complexity index is 777. The molecule has 1 N–H and O–H groups in total. The fourth-order valence-corrected chi connectivity index (χ4v) is 2.92. The smallest absolute Gasteiger partial charge is 0.231 e. The topological polar surface area (TPSA) is 42.9 Å². The third-order valence-corrected chi connectivity index (χ3v) is 4.54. The molecule has 4 nitrogen and oxygen atoms in total. The van der Waals surface area contributed by atoms with Crippen molar-refractivity contribution in [1.82, 2.24) is 5.43 Å². The van der Waals surface area contributed by atoms with Gasteiger partial charge in [-0.1, -0.05) is 35.3 Å². The van der Waals surface area contributed by atoms with Crippen molar-refractivity contribution in [3.8, 4) is 11.5 Å². The van der Waals surface area contributed by atoms with E-state index in [4.69, 9.17) is 32.7 Å². The molecule has 2 aromatic carbocycles. The van der Waals surface area contributed by atoms with Crippen molar-refractivity contribution >= 4 is 28.9 Å². The molecule has 6 heteroatoms. The molecule has 0 saturated carbocycles. The van der Waals surface area contributed by atoms with E-state index in [2.05, 4.69) is 10.5 Å². The van der Waals surface area contributed by atoms with Gasteiger partial charge in [0.25, 0.3) is 0 Å². The predicted molar refractivity (Wildman–Crippen MR) is 86.1 cm³/mol. The van der Waals surface area contributed by atoms with Crippen LogP contribution >= 0.6 is 23.2 Å². The van der Waals surface area contributed by atoms with Gasteiger partial charge < -0.3 is 14.9 Å². The molecule has 0 bridgehead atoms. The molecule has 0 aromatic heterocycles. The van der Waals surface area contributed by atoms with Crippen molar-refractivity contribution in [2.75, 3.05) is 6.79 Å². The Morgan fingerprint density at radius 3 is 2.73 bits per heavy atom. The number of ether oxygens (including phenoxy) is 2. The highest BCUT2D eigenvalue weighted by atomic mass is 35.5. The SMILES string of the molecule is Clc1ccc(C2=NNC(c3ccc4c(c3)OCO4)C2)cc1Cl. The summed E-state index contributed by atoms with van der Waals surface area (Å²) in [6, 6.07) is 11.6. The molecule has 0 amide bonds. The first-order valence-electron chi connectivity index (χ1n) is 6.88. The minimum atomic E-state index is 0.110. The zero-order valence-electron chi connectivity index (χ0n) is 11.5. The summed E-state index contributed by atoms with van der Waals surface area (Å²) in [4.78, 5) is 0. The van der Waals surface area contributed by atoms with Gasteiger partial charge in [0.05, 0.1) is 21.8 Å². The first-order valence-corrected chi connectivity index (χ1v) is 7.63. The zero-order valence-corrected chi connectivity index (χ0v) is 13.0. The number of hydrogen-bond acceptors (Lipinski definition) is 4. The van der Waals surface area contributed by atoms with Crippen LogP contribution in [0.1, 0.15) is 23.6 Å². The lowest BCUT2D eigenvalue weighted by molar-refractivity contribution is 0.174. The number of hydrazone groups is 1. The molecular weight excluding hydrogens is 323 g/mol. The Morgan fingerprint density at radius 1 is 1.00 bits per heavy atom. The molecule has 2 heterocycles. The fourth-order valence-electron chi connectivity index (χ4n) is 2.62. The highest BCUT2D eigenvalue weighted by Crippen LogP contribution is 2.36. The van der Waals surface area contributed by atoms with Crippen LogP contribution in [0.15, 0.2) is 41.5 Å². The van der Waals surface area contributed by atoms with Crippen LogP contribution in [0.2, 0.25) is 10.0 Å². The average molecular weight is 335 g/mol. The molecule has 2 aliphatic heterocycles. The van der Waals surface area contributed by atoms with Gasteiger partial charge in [-0.05, 0) is 35.4 Å². The van der Waals surface area contributed by atoms with Gasteiger partial charge in [0, 0.05) is 6.42 Å². The van der Waals surface area contributed by atoms with Crippen molar-refractivity contribution in [3.63, 3.8) is 0 Å². The first-order chi connectivity index (χ1) is 10.7. The number of rotatable bonds is 2. The van der Waals surface area contributed by atoms with E-state index >= 15 is 0 Å². The molecule has 22 heavy (non-hydrogen) atoms. The highest BCUT2D eigenvalue weighted by Gasteiger charge is 2.24. The predicted octanol–water partition coefficient (Wildman–Crippen LogP) is 4.16. The normalized spacial score (nSPS) is 19.0. The molecule has 0 saturated heterocycles. The van der Waals surface area contributed by atoms with Gasteiger partial charge in [-0.2, -0.15) is 5.10 Å². The monoisotopic (exact) mass is 334 g/mol. The second-order valence-corrected chi connectivity index (χ2v) is 6.00. The Labute approximate surface area is 137 Å². The lowest BCUT2D eigenvalue weighted by Crippen LogP contribution is -2.09. The Hall–Kier alpha value is -1.91. The third-order valence-electron chi connectivity index (χ3n) is 3.80. The summed E-state index contributed by atoms with van der Waals surface area (Å²) in [7, 11) is 0. The van der Waals surface area contributed by atoms with Crippen LogP contribution in [0, 0.1) is 0 Å². The molecule has 0 aliphatic carbocycles. The summed E-state index contributed by atoms with van der Waals surface area (Å²) in [5.74, 6) is 1.56. The highest BCUT2D eigenvalue weighted by molar-refractivity contribution is 6.42. The fraction of sp³-hybridized carbons (Fsp3) is 0.188. The van der Waals surface area contributed by atoms with Crippen LogP contribution < -0.4 is 14.9 Å². The van der Waals surface area contributed by atoms with E-state index in [0.717, 1.165) is 34.8 Å². The van der Waals surface area contributed by atoms with E-state index in [-0.39, 0.29) is 12.8 Å². The molecule has 1 atom stereocenters. The molecule has 2 aromatic rings. The summed E-state index contributed by atoms with van der Waals surface area (Å²) in [6.07, 6.45) is 0.775. The van der Waals surface area contributed by atoms with Crippen molar-refractivity contribution in [1.29, 1.82) is 0 Å². The van der Waals surface area contributed by atoms with Gasteiger partial charge in [-0.25, -0.2) is 0 Å². The van der Waals surface area contributed by atoms with Crippen LogP contribution in [0.25, 0.3) is 0 Å². The minimum absolute atomic E-state index is 0.110. The van der Waals surface area contributed by atoms with Crippen molar-refractivity contribution in [2.24, 2.45) is 5.10 Å². The maximum atomic E-state index is 6.07. The second-order valence-electron chi connectivity index (χ2n) is 5.19. The standard InChI is InChI=1S/C16H12Cl2N2O2/c17-11-3-1-9(5-12(11)18)13-7-14(20-19-13)10-2-4-15-16(6-10)22-8-21-15/h1-6,14,20H,7-8H2. The summed E-state index contributed by atoms with van der Waals surface area (Å²) < 4.78 is 10.8. The van der Waals surface area contributed by atoms with Crippen LogP contribution in [-0.2, 0) is 0 Å². The maximum absolute atomic E-state index is 6.07. The van der Waals surface area contributed by atoms with Gasteiger partial charge >= 0.3 is 0 Å². The zero-order chi connectivity index (χ0) is 15.1. The van der Waals surface area contributed by atoms with Gasteiger partial charge in [-0.15, -0.1) is 0 Å². The van der Waals surface area contributed by atoms with E-state index < -0.39 is 0 Å². The summed E-state index contributed by atoms with van der Waals surface area (Å²) in [5, 5.41) is 5.50. The quantitative estimate of drug-likeness (QED) is 0.896. The number of benzene rings is 2. The van der Waals surface area contributed by atoms with Gasteiger partial charge in [0.1, 0.15) is 0 Å². The van der Waals surface area contributed by atoms with E-state index in [9.17, 15) is 0 Å². The maximum Gasteiger partial charge on any atom is 0.231 e. The van der Waals surface area contributed by atoms with E-state index in [0.29, 0.717) is 10.0 Å². The Kier molecular flexibility index (Phi) is 3.36. The lowest BCUT2D eigenvalue weighted by Gasteiger charge is -2.11. The second kappa shape index (κ2) is 5.38. The number of halogens is 2. The molecule has 112 valence electrons. The van der Waals surface area contributed by atoms with Gasteiger partial charge in [-0.3, -0.25) is 0 Å². The molecule has 0 spiro atoms. The average Bonchev–Trinajstić information content (AvgIpc) is 3.17. The van der Waals surface area contributed by atoms with Gasteiger partial charge in [0.2, 0.25) is 6.79 Å². The Morgan fingerprint density at radius 2 is 1.86 bits per heavy atom. The van der Waals surface area contributed by atoms with Crippen LogP contribution in [-0.4, -0.2) is 12.5 Å². The molecule has 1 unspecified atom stereocenters. The van der Waals surface area contributed by atoms with E-state index in [1.807, 2.05) is 30.3 Å². The molecule has 2 aliphatic rings. The molecule has 0 radical (unpaired) electrons. The van der Waals surface area contributed by atoms with Crippen LogP contribution in [0.3, 0.4) is 0 Å². The van der Waals surface area contributed by atoms with Crippen molar-refractivity contribution in [2.45, 2.75) is 12.5 Å². The first kappa shape index (κ1) is 13.7. The van der Waals surface area contributed by atoms with Crippen molar-refractivity contribution in [3.05, 3.63) is 57.6 Å². The number of nitrogens with zero attached hydrogens (tertiary/aromatic N) is 1. The molecule has 0 fully saturated rings. The number of hydrogen-bond donors (Lipinski definition) is 1. The van der Waals surface area contributed by atoms with E-state index in [1.165, 1.54) is 0 Å². The summed E-state index contributed by atoms with van der Waals surface area (Å²) >= 11 is 12.0. The van der Waals surface area contributed by atoms with Gasteiger partial charge in [0.15, 0.2) is 11.5 Å². The lowest BCUT2D eigenvalue weighted by atomic mass is 9.99. The summed E-state index contributed by atoms with van der Waals surface area (Å²) in [6.45, 7) is 0.280. The Balaban J connectivity index is 1.55. The van der Waals surface area contributed by atoms with E-state index in [1.54, 1.807) is 6.07 Å². The molecular formula is C16H12Cl2N2O2. The van der Waals surface area contributed by atoms with Crippen LogP contribution in [0.5, 0.6) is 11.5 Å².